The number of hydrogen-bond donors (Lipinski definition) is 2. The first-order valence-corrected chi connectivity index (χ1v) is 8.60. The van der Waals surface area contributed by atoms with Gasteiger partial charge in [-0.3, -0.25) is 0 Å². The van der Waals surface area contributed by atoms with Crippen molar-refractivity contribution in [1.29, 1.82) is 0 Å². The molecule has 0 aliphatic rings. The molecule has 0 radical (unpaired) electrons. The van der Waals surface area contributed by atoms with Crippen molar-refractivity contribution in [3.8, 4) is 0 Å². The lowest BCUT2D eigenvalue weighted by Crippen LogP contribution is -2.11. The standard InChI is InChI=1S/C19H18ClN5O2/c1-12(13-6-4-3-5-7-13)22-19-24-17(11-21-25-19)23-16-10-14(18(26)27-2)8-9-15(16)20/h3-12H,1-2H3,(H2,22,23,24,25). The van der Waals surface area contributed by atoms with E-state index < -0.39 is 5.97 Å². The molecule has 0 spiro atoms. The van der Waals surface area contributed by atoms with E-state index in [1.165, 1.54) is 13.3 Å². The minimum Gasteiger partial charge on any atom is -0.465 e. The van der Waals surface area contributed by atoms with Crippen LogP contribution in [-0.2, 0) is 4.74 Å². The SMILES string of the molecule is COC(=O)c1ccc(Cl)c(Nc2cnnc(NC(C)c3ccccc3)n2)c1. The summed E-state index contributed by atoms with van der Waals surface area (Å²) >= 11 is 6.20. The number of anilines is 3. The van der Waals surface area contributed by atoms with E-state index in [-0.39, 0.29) is 6.04 Å². The highest BCUT2D eigenvalue weighted by atomic mass is 35.5. The van der Waals surface area contributed by atoms with Gasteiger partial charge in [0.2, 0.25) is 5.95 Å². The summed E-state index contributed by atoms with van der Waals surface area (Å²) in [6.45, 7) is 2.01. The molecule has 2 N–H and O–H groups in total. The maximum Gasteiger partial charge on any atom is 0.337 e. The Kier molecular flexibility index (Phi) is 5.83. The summed E-state index contributed by atoms with van der Waals surface area (Å²) in [7, 11) is 1.32. The molecule has 1 heterocycles. The van der Waals surface area contributed by atoms with Crippen LogP contribution < -0.4 is 10.6 Å². The fourth-order valence-electron chi connectivity index (χ4n) is 2.45. The van der Waals surface area contributed by atoms with E-state index in [0.717, 1.165) is 5.56 Å². The van der Waals surface area contributed by atoms with E-state index >= 15 is 0 Å². The topological polar surface area (TPSA) is 89.0 Å². The van der Waals surface area contributed by atoms with Crippen LogP contribution in [-0.4, -0.2) is 28.3 Å². The van der Waals surface area contributed by atoms with E-state index in [4.69, 9.17) is 16.3 Å². The molecule has 0 amide bonds. The zero-order valence-corrected chi connectivity index (χ0v) is 15.6. The predicted molar refractivity (Wildman–Crippen MR) is 104 cm³/mol. The van der Waals surface area contributed by atoms with Gasteiger partial charge in [-0.1, -0.05) is 41.9 Å². The molecule has 1 atom stereocenters. The van der Waals surface area contributed by atoms with Crippen molar-refractivity contribution in [2.75, 3.05) is 17.7 Å². The summed E-state index contributed by atoms with van der Waals surface area (Å²) in [4.78, 5) is 16.1. The fourth-order valence-corrected chi connectivity index (χ4v) is 2.61. The van der Waals surface area contributed by atoms with Gasteiger partial charge < -0.3 is 15.4 Å². The largest absolute Gasteiger partial charge is 0.465 e. The molecule has 0 fully saturated rings. The van der Waals surface area contributed by atoms with Crippen LogP contribution in [0, 0.1) is 0 Å². The van der Waals surface area contributed by atoms with Crippen molar-refractivity contribution in [2.45, 2.75) is 13.0 Å². The van der Waals surface area contributed by atoms with Gasteiger partial charge in [0.25, 0.3) is 0 Å². The summed E-state index contributed by atoms with van der Waals surface area (Å²) in [5.74, 6) is 0.364. The van der Waals surface area contributed by atoms with Gasteiger partial charge in [0.15, 0.2) is 5.82 Å². The van der Waals surface area contributed by atoms with Crippen molar-refractivity contribution >= 4 is 35.0 Å². The Morgan fingerprint density at radius 3 is 2.70 bits per heavy atom. The lowest BCUT2D eigenvalue weighted by atomic mass is 10.1. The van der Waals surface area contributed by atoms with Crippen molar-refractivity contribution in [3.63, 3.8) is 0 Å². The van der Waals surface area contributed by atoms with E-state index in [9.17, 15) is 4.79 Å². The van der Waals surface area contributed by atoms with Gasteiger partial charge in [0.05, 0.1) is 35.6 Å². The van der Waals surface area contributed by atoms with Crippen LogP contribution in [0.1, 0.15) is 28.9 Å². The Morgan fingerprint density at radius 1 is 1.19 bits per heavy atom. The van der Waals surface area contributed by atoms with Crippen LogP contribution in [0.4, 0.5) is 17.5 Å². The Balaban J connectivity index is 1.77. The maximum atomic E-state index is 11.7. The van der Waals surface area contributed by atoms with Crippen molar-refractivity contribution in [1.82, 2.24) is 15.2 Å². The lowest BCUT2D eigenvalue weighted by Gasteiger charge is -2.14. The van der Waals surface area contributed by atoms with Gasteiger partial charge in [-0.2, -0.15) is 10.1 Å². The second-order valence-electron chi connectivity index (χ2n) is 5.75. The highest BCUT2D eigenvalue weighted by molar-refractivity contribution is 6.33. The number of nitrogens with one attached hydrogen (secondary N) is 2. The van der Waals surface area contributed by atoms with Gasteiger partial charge in [0.1, 0.15) is 0 Å². The predicted octanol–water partition coefficient (Wildman–Crippen LogP) is 4.23. The molecule has 0 saturated carbocycles. The van der Waals surface area contributed by atoms with E-state index in [1.54, 1.807) is 18.2 Å². The second-order valence-corrected chi connectivity index (χ2v) is 6.16. The Morgan fingerprint density at radius 2 is 1.96 bits per heavy atom. The summed E-state index contributed by atoms with van der Waals surface area (Å²) in [6.07, 6.45) is 1.47. The Labute approximate surface area is 161 Å². The molecule has 0 saturated heterocycles. The Hall–Kier alpha value is -3.19. The number of aromatic nitrogens is 3. The number of carbonyl (C=O) groups excluding carboxylic acids is 1. The van der Waals surface area contributed by atoms with Gasteiger partial charge in [-0.15, -0.1) is 5.10 Å². The van der Waals surface area contributed by atoms with Crippen molar-refractivity contribution in [3.05, 3.63) is 70.9 Å². The molecule has 3 aromatic rings. The molecule has 1 aromatic heterocycles. The summed E-state index contributed by atoms with van der Waals surface area (Å²) in [5, 5.41) is 14.7. The first-order valence-electron chi connectivity index (χ1n) is 8.23. The molecule has 3 rings (SSSR count). The summed E-state index contributed by atoms with van der Waals surface area (Å²) in [6, 6.07) is 14.8. The molecule has 1 unspecified atom stereocenters. The number of esters is 1. The molecule has 2 aromatic carbocycles. The summed E-state index contributed by atoms with van der Waals surface area (Å²) in [5.41, 5.74) is 2.00. The number of hydrogen-bond acceptors (Lipinski definition) is 7. The number of carbonyl (C=O) groups is 1. The van der Waals surface area contributed by atoms with Crippen LogP contribution in [0.2, 0.25) is 5.02 Å². The normalized spacial score (nSPS) is 11.5. The summed E-state index contributed by atoms with van der Waals surface area (Å²) < 4.78 is 4.73. The molecule has 8 heteroatoms. The quantitative estimate of drug-likeness (QED) is 0.615. The monoisotopic (exact) mass is 383 g/mol. The number of benzene rings is 2. The van der Waals surface area contributed by atoms with E-state index in [2.05, 4.69) is 25.8 Å². The van der Waals surface area contributed by atoms with Crippen LogP contribution in [0.15, 0.2) is 54.7 Å². The molecule has 0 aliphatic carbocycles. The third-order valence-electron chi connectivity index (χ3n) is 3.85. The van der Waals surface area contributed by atoms with Gasteiger partial charge in [-0.05, 0) is 30.7 Å². The molecule has 27 heavy (non-hydrogen) atoms. The maximum absolute atomic E-state index is 11.7. The average Bonchev–Trinajstić information content (AvgIpc) is 2.70. The van der Waals surface area contributed by atoms with E-state index in [1.807, 2.05) is 37.3 Å². The third kappa shape index (κ3) is 4.71. The molecule has 0 bridgehead atoms. The van der Waals surface area contributed by atoms with Gasteiger partial charge in [-0.25, -0.2) is 4.79 Å². The van der Waals surface area contributed by atoms with Crippen LogP contribution in [0.3, 0.4) is 0 Å². The number of rotatable bonds is 6. The van der Waals surface area contributed by atoms with Gasteiger partial charge in [0, 0.05) is 0 Å². The fraction of sp³-hybridized carbons (Fsp3) is 0.158. The van der Waals surface area contributed by atoms with Crippen molar-refractivity contribution in [2.24, 2.45) is 0 Å². The highest BCUT2D eigenvalue weighted by Crippen LogP contribution is 2.26. The number of methoxy groups -OCH3 is 1. The lowest BCUT2D eigenvalue weighted by molar-refractivity contribution is 0.0601. The zero-order chi connectivity index (χ0) is 19.2. The first kappa shape index (κ1) is 18.6. The number of halogens is 1. The van der Waals surface area contributed by atoms with Crippen LogP contribution in [0.5, 0.6) is 0 Å². The molecule has 138 valence electrons. The van der Waals surface area contributed by atoms with E-state index in [0.29, 0.717) is 28.0 Å². The minimum absolute atomic E-state index is 0.00879. The van der Waals surface area contributed by atoms with Crippen LogP contribution in [0.25, 0.3) is 0 Å². The molecular weight excluding hydrogens is 366 g/mol. The zero-order valence-electron chi connectivity index (χ0n) is 14.8. The van der Waals surface area contributed by atoms with Crippen LogP contribution >= 0.6 is 11.6 Å². The minimum atomic E-state index is -0.449. The highest BCUT2D eigenvalue weighted by Gasteiger charge is 2.11. The molecular formula is C19H18ClN5O2. The smallest absolute Gasteiger partial charge is 0.337 e. The molecule has 0 aliphatic heterocycles. The molecule has 7 nitrogen and oxygen atoms in total. The third-order valence-corrected chi connectivity index (χ3v) is 4.18. The Bertz CT molecular complexity index is 936. The average molecular weight is 384 g/mol. The van der Waals surface area contributed by atoms with Crippen molar-refractivity contribution < 1.29 is 9.53 Å². The number of ether oxygens (including phenoxy) is 1. The first-order chi connectivity index (χ1) is 13.1. The second kappa shape index (κ2) is 8.46. The van der Waals surface area contributed by atoms with Gasteiger partial charge >= 0.3 is 5.97 Å². The number of nitrogens with zero attached hydrogens (tertiary/aromatic N) is 3.